The molecule has 1 aliphatic rings. The zero-order chi connectivity index (χ0) is 13.7. The van der Waals surface area contributed by atoms with Gasteiger partial charge in [-0.3, -0.25) is 9.36 Å². The number of aryl methyl sites for hydroxylation is 1. The van der Waals surface area contributed by atoms with E-state index in [1.54, 1.807) is 10.8 Å². The Morgan fingerprint density at radius 1 is 1.32 bits per heavy atom. The van der Waals surface area contributed by atoms with Gasteiger partial charge < -0.3 is 9.88 Å². The van der Waals surface area contributed by atoms with Crippen LogP contribution in [0.25, 0.3) is 0 Å². The fourth-order valence-electron chi connectivity index (χ4n) is 2.71. The van der Waals surface area contributed by atoms with Gasteiger partial charge in [0.05, 0.1) is 0 Å². The van der Waals surface area contributed by atoms with E-state index >= 15 is 0 Å². The summed E-state index contributed by atoms with van der Waals surface area (Å²) in [5.41, 5.74) is -0.421. The van der Waals surface area contributed by atoms with Crippen molar-refractivity contribution in [2.24, 2.45) is 5.92 Å². The molecular formula is C14H23N3O2. The topological polar surface area (TPSA) is 56.0 Å². The third-order valence-corrected chi connectivity index (χ3v) is 3.90. The predicted molar refractivity (Wildman–Crippen MR) is 75.5 cm³/mol. The Labute approximate surface area is 113 Å². The second-order valence-electron chi connectivity index (χ2n) is 5.23. The second kappa shape index (κ2) is 6.70. The highest BCUT2D eigenvalue weighted by Crippen LogP contribution is 2.23. The molecule has 1 aromatic heterocycles. The van der Waals surface area contributed by atoms with Gasteiger partial charge in [0.15, 0.2) is 0 Å². The zero-order valence-corrected chi connectivity index (χ0v) is 11.6. The minimum Gasteiger partial charge on any atom is -0.315 e. The Morgan fingerprint density at radius 2 is 2.05 bits per heavy atom. The smallest absolute Gasteiger partial charge is 0.315 e. The van der Waals surface area contributed by atoms with E-state index in [1.807, 2.05) is 6.92 Å². The molecule has 1 aliphatic carbocycles. The lowest BCUT2D eigenvalue weighted by molar-refractivity contribution is 0.464. The van der Waals surface area contributed by atoms with E-state index in [-0.39, 0.29) is 11.2 Å². The summed E-state index contributed by atoms with van der Waals surface area (Å²) in [7, 11) is 0. The second-order valence-corrected chi connectivity index (χ2v) is 5.23. The molecule has 0 amide bonds. The first kappa shape index (κ1) is 14.1. The van der Waals surface area contributed by atoms with Gasteiger partial charge in [-0.1, -0.05) is 12.8 Å². The molecule has 0 aromatic carbocycles. The Kier molecular flexibility index (Phi) is 4.96. The Morgan fingerprint density at radius 3 is 2.74 bits per heavy atom. The van der Waals surface area contributed by atoms with Crippen molar-refractivity contribution >= 4 is 0 Å². The lowest BCUT2D eigenvalue weighted by Crippen LogP contribution is -2.41. The summed E-state index contributed by atoms with van der Waals surface area (Å²) in [6, 6.07) is 1.46. The molecule has 0 atom stereocenters. The summed E-state index contributed by atoms with van der Waals surface area (Å²) >= 11 is 0. The molecule has 5 nitrogen and oxygen atoms in total. The largest absolute Gasteiger partial charge is 0.330 e. The highest BCUT2D eigenvalue weighted by molar-refractivity contribution is 4.86. The van der Waals surface area contributed by atoms with Crippen LogP contribution in [0.1, 0.15) is 32.6 Å². The third-order valence-electron chi connectivity index (χ3n) is 3.90. The van der Waals surface area contributed by atoms with Gasteiger partial charge >= 0.3 is 5.69 Å². The summed E-state index contributed by atoms with van der Waals surface area (Å²) in [6.07, 6.45) is 6.85. The van der Waals surface area contributed by atoms with Crippen LogP contribution in [0.5, 0.6) is 0 Å². The van der Waals surface area contributed by atoms with Crippen molar-refractivity contribution in [1.29, 1.82) is 0 Å². The average molecular weight is 265 g/mol. The molecule has 0 aliphatic heterocycles. The SMILES string of the molecule is CCn1ccc(=O)n(CCNCC2CCCC2)c1=O. The van der Waals surface area contributed by atoms with E-state index in [2.05, 4.69) is 5.32 Å². The minimum absolute atomic E-state index is 0.210. The van der Waals surface area contributed by atoms with Gasteiger partial charge in [0, 0.05) is 31.9 Å². The molecule has 0 saturated heterocycles. The van der Waals surface area contributed by atoms with Crippen LogP contribution in [-0.2, 0) is 13.1 Å². The van der Waals surface area contributed by atoms with Crippen LogP contribution in [0.3, 0.4) is 0 Å². The van der Waals surface area contributed by atoms with Crippen molar-refractivity contribution in [3.05, 3.63) is 33.1 Å². The van der Waals surface area contributed by atoms with E-state index < -0.39 is 0 Å². The zero-order valence-electron chi connectivity index (χ0n) is 11.6. The number of nitrogens with one attached hydrogen (secondary N) is 1. The van der Waals surface area contributed by atoms with Gasteiger partial charge in [-0.15, -0.1) is 0 Å². The summed E-state index contributed by atoms with van der Waals surface area (Å²) in [5, 5.41) is 3.36. The Bertz CT molecular complexity index is 512. The molecule has 19 heavy (non-hydrogen) atoms. The molecule has 1 N–H and O–H groups in total. The monoisotopic (exact) mass is 265 g/mol. The molecule has 1 aromatic rings. The van der Waals surface area contributed by atoms with Crippen LogP contribution in [0.4, 0.5) is 0 Å². The molecular weight excluding hydrogens is 242 g/mol. The van der Waals surface area contributed by atoms with Crippen LogP contribution in [0, 0.1) is 5.92 Å². The molecule has 106 valence electrons. The maximum Gasteiger partial charge on any atom is 0.330 e. The molecule has 0 radical (unpaired) electrons. The van der Waals surface area contributed by atoms with E-state index in [9.17, 15) is 9.59 Å². The van der Waals surface area contributed by atoms with Crippen molar-refractivity contribution < 1.29 is 0 Å². The van der Waals surface area contributed by atoms with Crippen molar-refractivity contribution in [2.45, 2.75) is 45.7 Å². The maximum absolute atomic E-state index is 12.0. The summed E-state index contributed by atoms with van der Waals surface area (Å²) < 4.78 is 2.86. The van der Waals surface area contributed by atoms with Crippen LogP contribution >= 0.6 is 0 Å². The fourth-order valence-corrected chi connectivity index (χ4v) is 2.71. The Balaban J connectivity index is 1.88. The van der Waals surface area contributed by atoms with Gasteiger partial charge in [0.2, 0.25) is 0 Å². The van der Waals surface area contributed by atoms with Gasteiger partial charge in [-0.05, 0) is 32.2 Å². The minimum atomic E-state index is -0.211. The standard InChI is InChI=1S/C14H23N3O2/c1-2-16-9-7-13(18)17(14(16)19)10-8-15-11-12-5-3-4-6-12/h7,9,12,15H,2-6,8,10-11H2,1H3. The number of hydrogen-bond acceptors (Lipinski definition) is 3. The number of nitrogens with zero attached hydrogens (tertiary/aromatic N) is 2. The van der Waals surface area contributed by atoms with Crippen LogP contribution in [-0.4, -0.2) is 22.2 Å². The normalized spacial score (nSPS) is 16.1. The van der Waals surface area contributed by atoms with Crippen molar-refractivity contribution in [3.8, 4) is 0 Å². The third kappa shape index (κ3) is 3.56. The quantitative estimate of drug-likeness (QED) is 0.774. The summed E-state index contributed by atoms with van der Waals surface area (Å²) in [4.78, 5) is 23.6. The number of rotatable bonds is 6. The van der Waals surface area contributed by atoms with Gasteiger partial charge in [-0.2, -0.15) is 0 Å². The highest BCUT2D eigenvalue weighted by atomic mass is 16.2. The van der Waals surface area contributed by atoms with E-state index in [0.717, 1.165) is 12.5 Å². The lowest BCUT2D eigenvalue weighted by atomic mass is 10.1. The van der Waals surface area contributed by atoms with Gasteiger partial charge in [0.1, 0.15) is 0 Å². The van der Waals surface area contributed by atoms with E-state index in [1.165, 1.54) is 36.3 Å². The van der Waals surface area contributed by atoms with Crippen LogP contribution in [0.2, 0.25) is 0 Å². The molecule has 0 bridgehead atoms. The predicted octanol–water partition coefficient (Wildman–Crippen LogP) is 0.810. The molecule has 1 fully saturated rings. The molecule has 0 spiro atoms. The molecule has 5 heteroatoms. The lowest BCUT2D eigenvalue weighted by Gasteiger charge is -2.11. The summed E-state index contributed by atoms with van der Waals surface area (Å²) in [5.74, 6) is 0.778. The molecule has 1 saturated carbocycles. The van der Waals surface area contributed by atoms with Crippen LogP contribution < -0.4 is 16.6 Å². The first-order valence-electron chi connectivity index (χ1n) is 7.23. The Hall–Kier alpha value is -1.36. The first-order chi connectivity index (χ1) is 9.22. The molecule has 2 rings (SSSR count). The number of aromatic nitrogens is 2. The van der Waals surface area contributed by atoms with Crippen molar-refractivity contribution in [3.63, 3.8) is 0 Å². The average Bonchev–Trinajstić information content (AvgIpc) is 2.91. The first-order valence-corrected chi connectivity index (χ1v) is 7.23. The van der Waals surface area contributed by atoms with Gasteiger partial charge in [0.25, 0.3) is 5.56 Å². The van der Waals surface area contributed by atoms with Crippen molar-refractivity contribution in [1.82, 2.24) is 14.5 Å². The highest BCUT2D eigenvalue weighted by Gasteiger charge is 2.14. The molecule has 1 heterocycles. The fraction of sp³-hybridized carbons (Fsp3) is 0.714. The molecule has 0 unspecified atom stereocenters. The number of hydrogen-bond donors (Lipinski definition) is 1. The maximum atomic E-state index is 12.0. The van der Waals surface area contributed by atoms with Crippen LogP contribution in [0.15, 0.2) is 21.9 Å². The van der Waals surface area contributed by atoms with Crippen molar-refractivity contribution in [2.75, 3.05) is 13.1 Å². The summed E-state index contributed by atoms with van der Waals surface area (Å²) in [6.45, 7) is 4.62. The van der Waals surface area contributed by atoms with E-state index in [4.69, 9.17) is 0 Å². The van der Waals surface area contributed by atoms with E-state index in [0.29, 0.717) is 19.6 Å². The van der Waals surface area contributed by atoms with Gasteiger partial charge in [-0.25, -0.2) is 4.79 Å².